The van der Waals surface area contributed by atoms with Crippen molar-refractivity contribution in [2.75, 3.05) is 12.4 Å². The first-order valence-corrected chi connectivity index (χ1v) is 8.59. The van der Waals surface area contributed by atoms with Gasteiger partial charge in [0.05, 0.1) is 22.7 Å². The zero-order chi connectivity index (χ0) is 18.7. The lowest BCUT2D eigenvalue weighted by Crippen LogP contribution is -2.11. The van der Waals surface area contributed by atoms with E-state index in [1.807, 2.05) is 6.07 Å². The minimum absolute atomic E-state index is 0.148. The minimum atomic E-state index is -0.550. The zero-order valence-corrected chi connectivity index (χ0v) is 15.0. The number of anilines is 1. The van der Waals surface area contributed by atoms with Crippen LogP contribution in [0.4, 0.5) is 10.8 Å². The van der Waals surface area contributed by atoms with E-state index in [-0.39, 0.29) is 11.3 Å². The fourth-order valence-electron chi connectivity index (χ4n) is 2.22. The van der Waals surface area contributed by atoms with Gasteiger partial charge >= 0.3 is 0 Å². The Morgan fingerprint density at radius 1 is 1.31 bits per heavy atom. The van der Waals surface area contributed by atoms with Crippen molar-refractivity contribution in [3.63, 3.8) is 0 Å². The number of non-ortho nitro benzene ring substituents is 1. The van der Waals surface area contributed by atoms with E-state index < -0.39 is 10.8 Å². The maximum absolute atomic E-state index is 12.3. The van der Waals surface area contributed by atoms with Crippen molar-refractivity contribution in [1.82, 2.24) is 4.98 Å². The van der Waals surface area contributed by atoms with Gasteiger partial charge in [0.25, 0.3) is 11.6 Å². The summed E-state index contributed by atoms with van der Waals surface area (Å²) < 4.78 is 5.11. The molecule has 0 unspecified atom stereocenters. The number of halogens is 1. The number of amides is 1. The van der Waals surface area contributed by atoms with Crippen molar-refractivity contribution in [3.05, 3.63) is 68.5 Å². The molecule has 0 aliphatic heterocycles. The molecular weight excluding hydrogens is 378 g/mol. The molecule has 0 aliphatic carbocycles. The van der Waals surface area contributed by atoms with E-state index in [0.717, 1.165) is 5.56 Å². The Morgan fingerprint density at radius 2 is 2.12 bits per heavy atom. The molecule has 0 fully saturated rings. The molecule has 1 N–H and O–H groups in total. The van der Waals surface area contributed by atoms with E-state index in [9.17, 15) is 14.9 Å². The Morgan fingerprint density at radius 3 is 2.81 bits per heavy atom. The summed E-state index contributed by atoms with van der Waals surface area (Å²) in [7, 11) is 1.53. The number of nitro groups is 1. The number of nitrogens with zero attached hydrogens (tertiary/aromatic N) is 2. The third-order valence-corrected chi connectivity index (χ3v) is 4.54. The van der Waals surface area contributed by atoms with Crippen molar-refractivity contribution in [1.29, 1.82) is 0 Å². The van der Waals surface area contributed by atoms with E-state index in [0.29, 0.717) is 21.6 Å². The number of rotatable bonds is 5. The maximum Gasteiger partial charge on any atom is 0.270 e. The smallest absolute Gasteiger partial charge is 0.270 e. The Bertz CT molecular complexity index is 990. The molecule has 0 bridgehead atoms. The highest BCUT2D eigenvalue weighted by Gasteiger charge is 2.14. The summed E-state index contributed by atoms with van der Waals surface area (Å²) in [4.78, 5) is 26.9. The van der Waals surface area contributed by atoms with Crippen molar-refractivity contribution < 1.29 is 14.5 Å². The van der Waals surface area contributed by atoms with E-state index in [1.54, 1.807) is 17.5 Å². The van der Waals surface area contributed by atoms with Gasteiger partial charge in [0.15, 0.2) is 5.13 Å². The Balaban J connectivity index is 1.78. The molecule has 132 valence electrons. The number of aromatic nitrogens is 1. The van der Waals surface area contributed by atoms with E-state index in [1.165, 1.54) is 42.7 Å². The van der Waals surface area contributed by atoms with Crippen LogP contribution in [-0.2, 0) is 0 Å². The van der Waals surface area contributed by atoms with Gasteiger partial charge in [0, 0.05) is 28.6 Å². The van der Waals surface area contributed by atoms with Gasteiger partial charge in [0.2, 0.25) is 0 Å². The normalized spacial score (nSPS) is 10.4. The molecule has 0 saturated heterocycles. The molecule has 0 saturated carbocycles. The number of carbonyl (C=O) groups is 1. The molecule has 3 rings (SSSR count). The second-order valence-electron chi connectivity index (χ2n) is 5.15. The molecule has 1 aromatic heterocycles. The summed E-state index contributed by atoms with van der Waals surface area (Å²) >= 11 is 7.36. The molecular formula is C17H12ClN3O4S. The molecule has 26 heavy (non-hydrogen) atoms. The third kappa shape index (κ3) is 3.81. The van der Waals surface area contributed by atoms with Crippen LogP contribution in [0.25, 0.3) is 11.3 Å². The fraction of sp³-hybridized carbons (Fsp3) is 0.0588. The quantitative estimate of drug-likeness (QED) is 0.507. The zero-order valence-electron chi connectivity index (χ0n) is 13.4. The number of nitrogens with one attached hydrogen (secondary N) is 1. The SMILES string of the molecule is COc1ccc(-c2csc(NC(=O)c3cccc([N+](=O)[O-])c3)n2)cc1Cl. The first kappa shape index (κ1) is 17.8. The van der Waals surface area contributed by atoms with Crippen LogP contribution in [0, 0.1) is 10.1 Å². The van der Waals surface area contributed by atoms with Crippen LogP contribution in [0.15, 0.2) is 47.8 Å². The molecule has 0 aliphatic rings. The molecule has 3 aromatic rings. The Kier molecular flexibility index (Phi) is 5.15. The number of ether oxygens (including phenoxy) is 1. The minimum Gasteiger partial charge on any atom is -0.495 e. The monoisotopic (exact) mass is 389 g/mol. The second-order valence-corrected chi connectivity index (χ2v) is 6.41. The number of hydrogen-bond acceptors (Lipinski definition) is 6. The number of carbonyl (C=O) groups excluding carboxylic acids is 1. The average Bonchev–Trinajstić information content (AvgIpc) is 3.10. The number of hydrogen-bond donors (Lipinski definition) is 1. The molecule has 0 radical (unpaired) electrons. The highest BCUT2D eigenvalue weighted by Crippen LogP contribution is 2.31. The molecule has 1 heterocycles. The van der Waals surface area contributed by atoms with Crippen molar-refractivity contribution >= 4 is 39.7 Å². The summed E-state index contributed by atoms with van der Waals surface area (Å²) in [6.45, 7) is 0. The van der Waals surface area contributed by atoms with Gasteiger partial charge in [-0.25, -0.2) is 4.98 Å². The number of thiazole rings is 1. The van der Waals surface area contributed by atoms with E-state index >= 15 is 0 Å². The lowest BCUT2D eigenvalue weighted by atomic mass is 10.2. The molecule has 7 nitrogen and oxygen atoms in total. The maximum atomic E-state index is 12.3. The van der Waals surface area contributed by atoms with Gasteiger partial charge in [-0.15, -0.1) is 11.3 Å². The van der Waals surface area contributed by atoms with Gasteiger partial charge in [-0.05, 0) is 24.3 Å². The van der Waals surface area contributed by atoms with Gasteiger partial charge in [-0.2, -0.15) is 0 Å². The van der Waals surface area contributed by atoms with Crippen LogP contribution in [0.2, 0.25) is 5.02 Å². The summed E-state index contributed by atoms with van der Waals surface area (Å²) in [6.07, 6.45) is 0. The number of nitro benzene ring substituents is 1. The fourth-order valence-corrected chi connectivity index (χ4v) is 3.19. The van der Waals surface area contributed by atoms with Gasteiger partial charge < -0.3 is 4.74 Å². The predicted octanol–water partition coefficient (Wildman–Crippen LogP) is 4.63. The van der Waals surface area contributed by atoms with Crippen LogP contribution in [0.3, 0.4) is 0 Å². The van der Waals surface area contributed by atoms with Gasteiger partial charge in [-0.1, -0.05) is 17.7 Å². The largest absolute Gasteiger partial charge is 0.495 e. The summed E-state index contributed by atoms with van der Waals surface area (Å²) in [5, 5.41) is 16.1. The Labute approximate surface area is 157 Å². The van der Waals surface area contributed by atoms with Crippen LogP contribution in [-0.4, -0.2) is 22.9 Å². The van der Waals surface area contributed by atoms with Gasteiger partial charge in [0.1, 0.15) is 5.75 Å². The third-order valence-electron chi connectivity index (χ3n) is 3.49. The summed E-state index contributed by atoms with van der Waals surface area (Å²) in [6, 6.07) is 10.8. The standard InChI is InChI=1S/C17H12ClN3O4S/c1-25-15-6-5-10(8-13(15)18)14-9-26-17(19-14)20-16(22)11-3-2-4-12(7-11)21(23)24/h2-9H,1H3,(H,19,20,22). The molecule has 0 spiro atoms. The van der Waals surface area contributed by atoms with Crippen LogP contribution in [0.1, 0.15) is 10.4 Å². The van der Waals surface area contributed by atoms with Crippen LogP contribution in [0.5, 0.6) is 5.75 Å². The van der Waals surface area contributed by atoms with E-state index in [2.05, 4.69) is 10.3 Å². The van der Waals surface area contributed by atoms with E-state index in [4.69, 9.17) is 16.3 Å². The van der Waals surface area contributed by atoms with Crippen LogP contribution >= 0.6 is 22.9 Å². The lowest BCUT2D eigenvalue weighted by Gasteiger charge is -2.04. The summed E-state index contributed by atoms with van der Waals surface area (Å²) in [5.74, 6) is 0.0900. The Hall–Kier alpha value is -2.97. The van der Waals surface area contributed by atoms with Crippen LogP contribution < -0.4 is 10.1 Å². The average molecular weight is 390 g/mol. The molecule has 9 heteroatoms. The first-order chi connectivity index (χ1) is 12.5. The highest BCUT2D eigenvalue weighted by molar-refractivity contribution is 7.14. The molecule has 2 aromatic carbocycles. The molecule has 0 atom stereocenters. The van der Waals surface area contributed by atoms with Gasteiger partial charge in [-0.3, -0.25) is 20.2 Å². The molecule has 1 amide bonds. The van der Waals surface area contributed by atoms with Crippen molar-refractivity contribution in [3.8, 4) is 17.0 Å². The highest BCUT2D eigenvalue weighted by atomic mass is 35.5. The summed E-state index contributed by atoms with van der Waals surface area (Å²) in [5.41, 5.74) is 1.46. The van der Waals surface area contributed by atoms with Crippen molar-refractivity contribution in [2.24, 2.45) is 0 Å². The lowest BCUT2D eigenvalue weighted by molar-refractivity contribution is -0.384. The topological polar surface area (TPSA) is 94.4 Å². The predicted molar refractivity (Wildman–Crippen MR) is 100 cm³/mol. The second kappa shape index (κ2) is 7.51. The first-order valence-electron chi connectivity index (χ1n) is 7.33. The van der Waals surface area contributed by atoms with Crippen molar-refractivity contribution in [2.45, 2.75) is 0 Å². The number of benzene rings is 2. The number of methoxy groups -OCH3 is 1.